The van der Waals surface area contributed by atoms with E-state index in [9.17, 15) is 40.1 Å². The summed E-state index contributed by atoms with van der Waals surface area (Å²) in [5, 5.41) is 72.1. The van der Waals surface area contributed by atoms with Crippen LogP contribution < -0.4 is 5.32 Å². The maximum atomic E-state index is 13.2. The molecule has 2 aliphatic heterocycles. The molecule has 0 bridgehead atoms. The van der Waals surface area contributed by atoms with E-state index in [-0.39, 0.29) is 6.54 Å². The summed E-state index contributed by atoms with van der Waals surface area (Å²) in [6.07, 6.45) is -11.7. The topological polar surface area (TPSA) is 186 Å². The van der Waals surface area contributed by atoms with Crippen molar-refractivity contribution in [3.8, 4) is 0 Å². The van der Waals surface area contributed by atoms with Crippen LogP contribution in [-0.4, -0.2) is 110 Å². The van der Waals surface area contributed by atoms with E-state index in [1.807, 2.05) is 0 Å². The summed E-state index contributed by atoms with van der Waals surface area (Å²) in [6.45, 7) is 0.198. The first-order chi connectivity index (χ1) is 15.1. The number of hydrogen-bond donors (Lipinski definition) is 8. The molecule has 2 aliphatic rings. The number of nitrogens with two attached hydrogens (primary N) is 1. The van der Waals surface area contributed by atoms with Crippen LogP contribution in [0.3, 0.4) is 0 Å². The molecule has 10 atom stereocenters. The van der Waals surface area contributed by atoms with E-state index in [4.69, 9.17) is 14.2 Å². The second-order valence-electron chi connectivity index (χ2n) is 8.25. The van der Waals surface area contributed by atoms with E-state index in [1.165, 1.54) is 19.1 Å². The third-order valence-corrected chi connectivity index (χ3v) is 5.97. The molecule has 5 unspecified atom stereocenters. The number of hydrogen-bond acceptors (Lipinski definition) is 10. The molecule has 2 saturated heterocycles. The van der Waals surface area contributed by atoms with Crippen LogP contribution in [0.2, 0.25) is 0 Å². The quantitative estimate of drug-likeness (QED) is 0.197. The summed E-state index contributed by atoms with van der Waals surface area (Å²) in [4.78, 5) is 0. The number of rotatable bonds is 7. The Hall–Kier alpha value is -1.29. The van der Waals surface area contributed by atoms with E-state index >= 15 is 0 Å². The first kappa shape index (κ1) is 25.3. The van der Waals surface area contributed by atoms with Crippen molar-refractivity contribution in [2.24, 2.45) is 0 Å². The van der Waals surface area contributed by atoms with Crippen molar-refractivity contribution in [2.45, 2.75) is 74.3 Å². The molecular weight excluding hydrogens is 433 g/mol. The molecule has 0 aliphatic carbocycles. The van der Waals surface area contributed by atoms with Crippen molar-refractivity contribution in [2.75, 3.05) is 13.2 Å². The van der Waals surface area contributed by atoms with Crippen molar-refractivity contribution >= 4 is 0 Å². The van der Waals surface area contributed by atoms with Gasteiger partial charge in [0.15, 0.2) is 11.8 Å². The zero-order valence-corrected chi connectivity index (χ0v) is 17.4. The van der Waals surface area contributed by atoms with Gasteiger partial charge in [-0.1, -0.05) is 12.1 Å². The minimum Gasteiger partial charge on any atom is -0.394 e. The Kier molecular flexibility index (Phi) is 8.17. The summed E-state index contributed by atoms with van der Waals surface area (Å²) in [5.74, 6) is -2.38. The maximum Gasteiger partial charge on any atom is 0.216 e. The fourth-order valence-corrected chi connectivity index (χ4v) is 3.98. The number of halogens is 1. The minimum atomic E-state index is -1.97. The lowest BCUT2D eigenvalue weighted by Gasteiger charge is -2.49. The zero-order chi connectivity index (χ0) is 23.6. The molecule has 0 aromatic heterocycles. The molecule has 1 aromatic carbocycles. The molecule has 0 radical (unpaired) electrons. The predicted molar refractivity (Wildman–Crippen MR) is 103 cm³/mol. The number of aliphatic hydroxyl groups is 7. The molecule has 2 fully saturated rings. The van der Waals surface area contributed by atoms with Crippen LogP contribution in [0.25, 0.3) is 0 Å². The second-order valence-corrected chi connectivity index (χ2v) is 8.25. The van der Waals surface area contributed by atoms with E-state index in [0.29, 0.717) is 5.56 Å². The fourth-order valence-electron chi connectivity index (χ4n) is 3.98. The number of benzene rings is 1. The average Bonchev–Trinajstić information content (AvgIpc) is 2.78. The summed E-state index contributed by atoms with van der Waals surface area (Å²) < 4.78 is 30.1. The van der Waals surface area contributed by atoms with Crippen molar-refractivity contribution in [1.29, 1.82) is 0 Å². The van der Waals surface area contributed by atoms with E-state index in [1.54, 1.807) is 17.4 Å². The van der Waals surface area contributed by atoms with Gasteiger partial charge in [-0.25, -0.2) is 4.39 Å². The van der Waals surface area contributed by atoms with Crippen molar-refractivity contribution in [3.63, 3.8) is 0 Å². The summed E-state index contributed by atoms with van der Waals surface area (Å²) in [6, 6.07) is 4.66. The lowest BCUT2D eigenvalue weighted by atomic mass is 9.92. The molecular formula is C20H31FNO10+. The molecule has 0 saturated carbocycles. The van der Waals surface area contributed by atoms with Gasteiger partial charge in [0.05, 0.1) is 13.2 Å². The third-order valence-electron chi connectivity index (χ3n) is 5.97. The van der Waals surface area contributed by atoms with Crippen molar-refractivity contribution in [3.05, 3.63) is 35.6 Å². The van der Waals surface area contributed by atoms with E-state index in [2.05, 4.69) is 0 Å². The monoisotopic (exact) mass is 464 g/mol. The Morgan fingerprint density at radius 3 is 2.12 bits per heavy atom. The smallest absolute Gasteiger partial charge is 0.216 e. The van der Waals surface area contributed by atoms with Gasteiger partial charge >= 0.3 is 0 Å². The highest BCUT2D eigenvalue weighted by Crippen LogP contribution is 2.34. The van der Waals surface area contributed by atoms with Gasteiger partial charge in [0.2, 0.25) is 6.29 Å². The highest BCUT2D eigenvalue weighted by atomic mass is 19.1. The number of quaternary nitrogens is 1. The Labute approximate surface area is 183 Å². The zero-order valence-electron chi connectivity index (χ0n) is 17.4. The largest absolute Gasteiger partial charge is 0.394 e. The average molecular weight is 464 g/mol. The van der Waals surface area contributed by atoms with Gasteiger partial charge in [0.25, 0.3) is 0 Å². The van der Waals surface area contributed by atoms with Gasteiger partial charge < -0.3 is 55.3 Å². The number of ether oxygens (including phenoxy) is 3. The summed E-state index contributed by atoms with van der Waals surface area (Å²) in [7, 11) is 0. The standard InChI is InChI=1S/C20H30FNO10/c1-20(18(29)17(28)15(26)12(8-24)31-20)32-19-13(16(27)14(25)11(7-23)30-19)22-6-9-2-4-10(21)5-3-9/h2-5,11-19,22-29H,6-8H2,1H3/p+1/t11?,12?,13?,14-,15-,16?,17+,18?,19-,20-/m1/s1. The minimum absolute atomic E-state index is 0.239. The van der Waals surface area contributed by atoms with Crippen LogP contribution >= 0.6 is 0 Å². The SMILES string of the molecule is C[C@]1(O[C@H]2OC(CO)[C@@H](O)C(O)C2[NH2+]Cc2ccc(F)cc2)OC(CO)[C@@H](O)[C@H](O)C1O. The highest BCUT2D eigenvalue weighted by molar-refractivity contribution is 5.14. The van der Waals surface area contributed by atoms with Gasteiger partial charge in [-0.3, -0.25) is 0 Å². The molecule has 9 N–H and O–H groups in total. The van der Waals surface area contributed by atoms with Crippen molar-refractivity contribution < 1.29 is 59.7 Å². The molecule has 182 valence electrons. The van der Waals surface area contributed by atoms with E-state index < -0.39 is 79.9 Å². The first-order valence-electron chi connectivity index (χ1n) is 10.3. The lowest BCUT2D eigenvalue weighted by Crippen LogP contribution is -2.96. The van der Waals surface area contributed by atoms with Crippen LogP contribution in [0.5, 0.6) is 0 Å². The number of aliphatic hydroxyl groups excluding tert-OH is 7. The van der Waals surface area contributed by atoms with Gasteiger partial charge in [-0.15, -0.1) is 0 Å². The molecule has 11 nitrogen and oxygen atoms in total. The maximum absolute atomic E-state index is 13.2. The molecule has 3 rings (SSSR count). The molecule has 0 spiro atoms. The summed E-state index contributed by atoms with van der Waals surface area (Å²) in [5.41, 5.74) is 0.704. The van der Waals surface area contributed by atoms with Gasteiger partial charge in [0.1, 0.15) is 55.1 Å². The normalized spacial score (nSPS) is 42.7. The van der Waals surface area contributed by atoms with Crippen LogP contribution in [0.15, 0.2) is 24.3 Å². The molecule has 12 heteroatoms. The Bertz CT molecular complexity index is 740. The molecule has 32 heavy (non-hydrogen) atoms. The molecule has 2 heterocycles. The molecule has 1 aromatic rings. The highest BCUT2D eigenvalue weighted by Gasteiger charge is 2.56. The Morgan fingerprint density at radius 1 is 0.938 bits per heavy atom. The second kappa shape index (κ2) is 10.3. The lowest BCUT2D eigenvalue weighted by molar-refractivity contribution is -0.734. The van der Waals surface area contributed by atoms with Crippen LogP contribution in [0.4, 0.5) is 4.39 Å². The fraction of sp³-hybridized carbons (Fsp3) is 0.700. The van der Waals surface area contributed by atoms with E-state index in [0.717, 1.165) is 0 Å². The Morgan fingerprint density at radius 2 is 1.53 bits per heavy atom. The molecule has 0 amide bonds. The van der Waals surface area contributed by atoms with Gasteiger partial charge in [0, 0.05) is 5.56 Å². The van der Waals surface area contributed by atoms with Gasteiger partial charge in [-0.2, -0.15) is 0 Å². The van der Waals surface area contributed by atoms with Gasteiger partial charge in [-0.05, 0) is 19.1 Å². The summed E-state index contributed by atoms with van der Waals surface area (Å²) >= 11 is 0. The van der Waals surface area contributed by atoms with Crippen LogP contribution in [-0.2, 0) is 20.8 Å². The van der Waals surface area contributed by atoms with Crippen LogP contribution in [0, 0.1) is 5.82 Å². The Balaban J connectivity index is 1.81. The van der Waals surface area contributed by atoms with Crippen LogP contribution in [0.1, 0.15) is 12.5 Å². The van der Waals surface area contributed by atoms with Crippen molar-refractivity contribution in [1.82, 2.24) is 0 Å². The first-order valence-corrected chi connectivity index (χ1v) is 10.3. The third kappa shape index (κ3) is 5.11. The predicted octanol–water partition coefficient (Wildman–Crippen LogP) is -4.10.